The number of ketones is 1. The van der Waals surface area contributed by atoms with E-state index in [9.17, 15) is 23.7 Å². The van der Waals surface area contributed by atoms with E-state index in [0.717, 1.165) is 0 Å². The maximum atomic E-state index is 12.0. The molecule has 1 unspecified atom stereocenters. The fourth-order valence-corrected chi connectivity index (χ4v) is 3.10. The summed E-state index contributed by atoms with van der Waals surface area (Å²) in [4.78, 5) is 47.0. The molecule has 0 aromatic heterocycles. The second kappa shape index (κ2) is 22.3. The number of rotatable bonds is 15. The maximum Gasteiger partial charge on any atom is 0.697 e. The van der Waals surface area contributed by atoms with Crippen molar-refractivity contribution in [1.82, 2.24) is 0 Å². The molecule has 0 radical (unpaired) electrons. The van der Waals surface area contributed by atoms with Gasteiger partial charge in [-0.05, 0) is 43.3 Å². The summed E-state index contributed by atoms with van der Waals surface area (Å²) >= 11 is 0. The highest BCUT2D eigenvalue weighted by Gasteiger charge is 2.21. The maximum absolute atomic E-state index is 12.0. The molecular formula is C28H42O11P+. The van der Waals surface area contributed by atoms with Crippen LogP contribution >= 0.6 is 8.25 Å². The van der Waals surface area contributed by atoms with Crippen molar-refractivity contribution in [2.24, 2.45) is 0 Å². The number of methoxy groups -OCH3 is 1. The van der Waals surface area contributed by atoms with Gasteiger partial charge in [0.25, 0.3) is 0 Å². The average Bonchev–Trinajstić information content (AvgIpc) is 2.89. The molecular weight excluding hydrogens is 543 g/mol. The SMILES string of the molecule is C.C.C.C.COCCOC(=O)c1ccc(C(=O)OCCO[P+](=O)OCCOC(=O)c2ccc(C(C)=O)cc2)cc1. The van der Waals surface area contributed by atoms with Gasteiger partial charge >= 0.3 is 26.2 Å². The van der Waals surface area contributed by atoms with Crippen LogP contribution in [0.2, 0.25) is 0 Å². The highest BCUT2D eigenvalue weighted by molar-refractivity contribution is 7.33. The predicted octanol–water partition coefficient (Wildman–Crippen LogP) is 5.94. The fourth-order valence-electron chi connectivity index (χ4n) is 2.58. The molecule has 0 fully saturated rings. The third-order valence-corrected chi connectivity index (χ3v) is 5.22. The van der Waals surface area contributed by atoms with Crippen molar-refractivity contribution >= 4 is 31.9 Å². The van der Waals surface area contributed by atoms with Gasteiger partial charge in [-0.25, -0.2) is 14.4 Å². The fraction of sp³-hybridized carbons (Fsp3) is 0.429. The summed E-state index contributed by atoms with van der Waals surface area (Å²) in [5.41, 5.74) is 1.22. The second-order valence-electron chi connectivity index (χ2n) is 7.00. The van der Waals surface area contributed by atoms with Gasteiger partial charge in [0.1, 0.15) is 33.0 Å². The molecule has 224 valence electrons. The third-order valence-electron chi connectivity index (χ3n) is 4.43. The summed E-state index contributed by atoms with van der Waals surface area (Å²) in [7, 11) is -1.02. The summed E-state index contributed by atoms with van der Waals surface area (Å²) in [6, 6.07) is 11.7. The predicted molar refractivity (Wildman–Crippen MR) is 152 cm³/mol. The molecule has 12 heteroatoms. The minimum Gasteiger partial charge on any atom is -0.460 e. The van der Waals surface area contributed by atoms with Gasteiger partial charge in [-0.3, -0.25) is 4.79 Å². The Morgan fingerprint density at radius 3 is 1.15 bits per heavy atom. The quantitative estimate of drug-likeness (QED) is 0.0806. The number of ether oxygens (including phenoxy) is 4. The van der Waals surface area contributed by atoms with Crippen molar-refractivity contribution in [2.45, 2.75) is 36.6 Å². The first kappa shape index (κ1) is 41.0. The monoisotopic (exact) mass is 585 g/mol. The van der Waals surface area contributed by atoms with Crippen LogP contribution in [0.25, 0.3) is 0 Å². The van der Waals surface area contributed by atoms with Crippen LogP contribution in [0.4, 0.5) is 0 Å². The first-order valence-corrected chi connectivity index (χ1v) is 11.9. The van der Waals surface area contributed by atoms with Crippen LogP contribution < -0.4 is 0 Å². The number of carbonyl (C=O) groups excluding carboxylic acids is 4. The highest BCUT2D eigenvalue weighted by Crippen LogP contribution is 2.23. The number of hydrogen-bond donors (Lipinski definition) is 0. The van der Waals surface area contributed by atoms with E-state index in [1.807, 2.05) is 0 Å². The molecule has 0 N–H and O–H groups in total. The molecule has 0 aliphatic carbocycles. The lowest BCUT2D eigenvalue weighted by atomic mass is 10.1. The Kier molecular flexibility index (Phi) is 22.9. The minimum atomic E-state index is -2.51. The first-order chi connectivity index (χ1) is 17.3. The molecule has 0 saturated carbocycles. The first-order valence-electron chi connectivity index (χ1n) is 10.8. The van der Waals surface area contributed by atoms with Gasteiger partial charge in [0.05, 0.1) is 23.3 Å². The van der Waals surface area contributed by atoms with Crippen molar-refractivity contribution in [3.63, 3.8) is 0 Å². The van der Waals surface area contributed by atoms with Gasteiger partial charge in [-0.15, -0.1) is 9.05 Å². The van der Waals surface area contributed by atoms with E-state index in [2.05, 4.69) is 0 Å². The van der Waals surface area contributed by atoms with Crippen LogP contribution in [-0.2, 0) is 32.6 Å². The van der Waals surface area contributed by atoms with Crippen LogP contribution in [0, 0.1) is 0 Å². The Balaban J connectivity index is -0.00000342. The van der Waals surface area contributed by atoms with Crippen LogP contribution in [0.5, 0.6) is 0 Å². The van der Waals surface area contributed by atoms with E-state index in [1.165, 1.54) is 62.6 Å². The molecule has 40 heavy (non-hydrogen) atoms. The lowest BCUT2D eigenvalue weighted by molar-refractivity contribution is 0.0383. The number of hydrogen-bond acceptors (Lipinski definition) is 11. The van der Waals surface area contributed by atoms with Crippen molar-refractivity contribution in [2.75, 3.05) is 46.8 Å². The van der Waals surface area contributed by atoms with E-state index < -0.39 is 26.2 Å². The van der Waals surface area contributed by atoms with Gasteiger partial charge in [0, 0.05) is 17.2 Å². The normalized spacial score (nSPS) is 9.80. The van der Waals surface area contributed by atoms with Crippen molar-refractivity contribution in [3.05, 3.63) is 70.8 Å². The van der Waals surface area contributed by atoms with Crippen molar-refractivity contribution in [3.8, 4) is 0 Å². The van der Waals surface area contributed by atoms with E-state index in [0.29, 0.717) is 5.56 Å². The standard InChI is InChI=1S/C24H26O11P.4CH4/c1-17(25)18-3-5-19(6-4-18)23(27)32-13-15-34-36(29)35-16-14-33-24(28)21-9-7-20(8-10-21)22(26)31-12-11-30-2;;;;/h3-10H,11-16H2,1-2H3;4*1H4/q+1;;;;. The Morgan fingerprint density at radius 2 is 0.850 bits per heavy atom. The molecule has 0 aliphatic heterocycles. The van der Waals surface area contributed by atoms with Crippen molar-refractivity contribution in [1.29, 1.82) is 0 Å². The lowest BCUT2D eigenvalue weighted by Crippen LogP contribution is -2.12. The number of benzene rings is 2. The molecule has 1 atom stereocenters. The van der Waals surface area contributed by atoms with E-state index in [1.54, 1.807) is 0 Å². The highest BCUT2D eigenvalue weighted by atomic mass is 31.1. The topological polar surface area (TPSA) is 141 Å². The minimum absolute atomic E-state index is 0. The van der Waals surface area contributed by atoms with Gasteiger partial charge in [0.2, 0.25) is 0 Å². The summed E-state index contributed by atoms with van der Waals surface area (Å²) in [6.45, 7) is 1.11. The van der Waals surface area contributed by atoms with E-state index in [4.69, 9.17) is 28.0 Å². The second-order valence-corrected chi connectivity index (χ2v) is 7.97. The average molecular weight is 586 g/mol. The molecule has 0 saturated heterocycles. The molecule has 0 amide bonds. The van der Waals surface area contributed by atoms with Crippen LogP contribution in [0.15, 0.2) is 48.5 Å². The zero-order valence-electron chi connectivity index (χ0n) is 19.8. The van der Waals surface area contributed by atoms with Crippen LogP contribution in [-0.4, -0.2) is 70.4 Å². The van der Waals surface area contributed by atoms with Crippen LogP contribution in [0.1, 0.15) is 78.1 Å². The molecule has 11 nitrogen and oxygen atoms in total. The summed E-state index contributed by atoms with van der Waals surface area (Å²) < 4.78 is 41.3. The largest absolute Gasteiger partial charge is 0.697 e. The van der Waals surface area contributed by atoms with Crippen LogP contribution in [0.3, 0.4) is 0 Å². The molecule has 2 rings (SSSR count). The Bertz CT molecular complexity index is 1050. The molecule has 2 aromatic rings. The zero-order valence-corrected chi connectivity index (χ0v) is 20.7. The van der Waals surface area contributed by atoms with Gasteiger partial charge < -0.3 is 18.9 Å². The summed E-state index contributed by atoms with van der Waals surface area (Å²) in [6.07, 6.45) is 0. The van der Waals surface area contributed by atoms with E-state index in [-0.39, 0.29) is 91.8 Å². The lowest BCUT2D eigenvalue weighted by Gasteiger charge is -2.05. The Labute approximate surface area is 238 Å². The Hall–Kier alpha value is -3.50. The van der Waals surface area contributed by atoms with Gasteiger partial charge in [0.15, 0.2) is 5.78 Å². The number of esters is 3. The summed E-state index contributed by atoms with van der Waals surface area (Å²) in [5, 5.41) is 0. The zero-order chi connectivity index (χ0) is 26.3. The number of carbonyl (C=O) groups is 4. The van der Waals surface area contributed by atoms with Gasteiger partial charge in [-0.2, -0.15) is 0 Å². The van der Waals surface area contributed by atoms with Crippen molar-refractivity contribution < 1.29 is 51.7 Å². The molecule has 2 aromatic carbocycles. The Morgan fingerprint density at radius 1 is 0.550 bits per heavy atom. The third kappa shape index (κ3) is 14.6. The number of Topliss-reactive ketones (excluding diaryl/α,β-unsaturated/α-hetero) is 1. The van der Waals surface area contributed by atoms with Gasteiger partial charge in [-0.1, -0.05) is 41.8 Å². The smallest absolute Gasteiger partial charge is 0.460 e. The molecule has 0 spiro atoms. The molecule has 0 bridgehead atoms. The summed E-state index contributed by atoms with van der Waals surface area (Å²) in [5.74, 6) is -1.93. The molecule has 0 heterocycles. The molecule has 0 aliphatic rings. The van der Waals surface area contributed by atoms with E-state index >= 15 is 0 Å².